The molecular weight excluding hydrogens is 450 g/mol. The molecular formula is C12H8BrCl2IN2. The first-order chi connectivity index (χ1) is 8.52. The summed E-state index contributed by atoms with van der Waals surface area (Å²) < 4.78 is 1.75. The van der Waals surface area contributed by atoms with E-state index >= 15 is 0 Å². The Morgan fingerprint density at radius 1 is 1.28 bits per heavy atom. The number of aromatic nitrogens is 2. The Labute approximate surface area is 137 Å². The van der Waals surface area contributed by atoms with Gasteiger partial charge >= 0.3 is 0 Å². The number of halogens is 4. The zero-order valence-electron chi connectivity index (χ0n) is 9.35. The van der Waals surface area contributed by atoms with Crippen molar-refractivity contribution in [2.75, 3.05) is 0 Å². The summed E-state index contributed by atoms with van der Waals surface area (Å²) in [6, 6.07) is 5.61. The fourth-order valence-electron chi connectivity index (χ4n) is 1.46. The molecule has 0 bridgehead atoms. The van der Waals surface area contributed by atoms with E-state index in [1.54, 1.807) is 0 Å². The largest absolute Gasteiger partial charge is 0.232 e. The third kappa shape index (κ3) is 2.98. The molecule has 2 rings (SSSR count). The maximum Gasteiger partial charge on any atom is 0.161 e. The molecule has 0 spiro atoms. The zero-order valence-corrected chi connectivity index (χ0v) is 14.6. The second kappa shape index (κ2) is 6.03. The lowest BCUT2D eigenvalue weighted by Gasteiger charge is -2.07. The Kier molecular flexibility index (Phi) is 4.86. The Hall–Kier alpha value is 0.0900. The zero-order chi connectivity index (χ0) is 13.3. The first-order valence-corrected chi connectivity index (χ1v) is 7.83. The van der Waals surface area contributed by atoms with E-state index in [-0.39, 0.29) is 0 Å². The number of hydrogen-bond donors (Lipinski definition) is 0. The van der Waals surface area contributed by atoms with Crippen molar-refractivity contribution in [2.24, 2.45) is 0 Å². The second-order valence-electron chi connectivity index (χ2n) is 3.58. The number of rotatable bonds is 2. The van der Waals surface area contributed by atoms with E-state index < -0.39 is 0 Å². The monoisotopic (exact) mass is 456 g/mol. The Balaban J connectivity index is 2.57. The summed E-state index contributed by atoms with van der Waals surface area (Å²) in [5.41, 5.74) is 1.81. The number of benzene rings is 1. The molecule has 2 nitrogen and oxygen atoms in total. The minimum absolute atomic E-state index is 0.483. The van der Waals surface area contributed by atoms with E-state index in [0.29, 0.717) is 16.0 Å². The van der Waals surface area contributed by atoms with E-state index in [1.165, 1.54) is 0 Å². The summed E-state index contributed by atoms with van der Waals surface area (Å²) >= 11 is 17.7. The van der Waals surface area contributed by atoms with Crippen LogP contribution in [0.25, 0.3) is 11.4 Å². The summed E-state index contributed by atoms with van der Waals surface area (Å²) in [5.74, 6) is 0.603. The SMILES string of the molecule is CCc1nc(-c2ccc(Br)c(Cl)c2)nc(Cl)c1I. The minimum atomic E-state index is 0.483. The van der Waals surface area contributed by atoms with E-state index in [1.807, 2.05) is 25.1 Å². The van der Waals surface area contributed by atoms with Gasteiger partial charge in [-0.25, -0.2) is 9.97 Å². The molecule has 0 aliphatic carbocycles. The topological polar surface area (TPSA) is 25.8 Å². The molecule has 0 N–H and O–H groups in total. The molecule has 0 saturated heterocycles. The highest BCUT2D eigenvalue weighted by atomic mass is 127. The standard InChI is InChI=1S/C12H8BrCl2IN2/c1-2-9-10(16)11(15)18-12(17-9)6-3-4-7(13)8(14)5-6/h3-5H,2H2,1H3. The Morgan fingerprint density at radius 3 is 2.61 bits per heavy atom. The van der Waals surface area contributed by atoms with E-state index in [2.05, 4.69) is 48.5 Å². The van der Waals surface area contributed by atoms with Gasteiger partial charge in [-0.3, -0.25) is 0 Å². The molecule has 1 aromatic carbocycles. The van der Waals surface area contributed by atoms with Crippen LogP contribution in [0.15, 0.2) is 22.7 Å². The van der Waals surface area contributed by atoms with Crippen LogP contribution in [0.2, 0.25) is 10.2 Å². The van der Waals surface area contributed by atoms with E-state index in [0.717, 1.165) is 25.7 Å². The van der Waals surface area contributed by atoms with Crippen molar-refractivity contribution in [3.8, 4) is 11.4 Å². The van der Waals surface area contributed by atoms with Gasteiger partial charge in [0.05, 0.1) is 14.3 Å². The van der Waals surface area contributed by atoms with Crippen LogP contribution in [0.4, 0.5) is 0 Å². The molecule has 0 amide bonds. The third-order valence-corrected chi connectivity index (χ3v) is 5.35. The van der Waals surface area contributed by atoms with Gasteiger partial charge < -0.3 is 0 Å². The van der Waals surface area contributed by atoms with E-state index in [9.17, 15) is 0 Å². The lowest BCUT2D eigenvalue weighted by atomic mass is 10.2. The van der Waals surface area contributed by atoms with Crippen LogP contribution in [0, 0.1) is 3.57 Å². The smallest absolute Gasteiger partial charge is 0.161 e. The molecule has 94 valence electrons. The molecule has 0 aliphatic heterocycles. The fourth-order valence-corrected chi connectivity index (χ4v) is 2.70. The van der Waals surface area contributed by atoms with Crippen LogP contribution in [-0.2, 0) is 6.42 Å². The first-order valence-electron chi connectivity index (χ1n) is 5.20. The van der Waals surface area contributed by atoms with Crippen molar-refractivity contribution in [3.05, 3.63) is 42.1 Å². The van der Waals surface area contributed by atoms with Crippen LogP contribution in [0.5, 0.6) is 0 Å². The summed E-state index contributed by atoms with van der Waals surface area (Å²) in [5, 5.41) is 1.11. The predicted molar refractivity (Wildman–Crippen MR) is 87.3 cm³/mol. The summed E-state index contributed by atoms with van der Waals surface area (Å²) in [6.45, 7) is 2.04. The molecule has 18 heavy (non-hydrogen) atoms. The average Bonchev–Trinajstić information content (AvgIpc) is 2.36. The molecule has 0 saturated carbocycles. The summed E-state index contributed by atoms with van der Waals surface area (Å²) in [6.07, 6.45) is 0.817. The minimum Gasteiger partial charge on any atom is -0.232 e. The maximum atomic E-state index is 6.12. The van der Waals surface area contributed by atoms with Crippen LogP contribution in [0.1, 0.15) is 12.6 Å². The molecule has 1 aromatic heterocycles. The number of hydrogen-bond acceptors (Lipinski definition) is 2. The van der Waals surface area contributed by atoms with Gasteiger partial charge in [0.15, 0.2) is 5.82 Å². The van der Waals surface area contributed by atoms with Gasteiger partial charge in [-0.2, -0.15) is 0 Å². The van der Waals surface area contributed by atoms with Gasteiger partial charge in [-0.1, -0.05) is 30.1 Å². The molecule has 1 heterocycles. The van der Waals surface area contributed by atoms with Crippen molar-refractivity contribution in [2.45, 2.75) is 13.3 Å². The molecule has 0 atom stereocenters. The van der Waals surface area contributed by atoms with Gasteiger partial charge in [0.25, 0.3) is 0 Å². The summed E-state index contributed by atoms with van der Waals surface area (Å²) in [7, 11) is 0. The number of aryl methyl sites for hydroxylation is 1. The highest BCUT2D eigenvalue weighted by molar-refractivity contribution is 14.1. The molecule has 2 aromatic rings. The lowest BCUT2D eigenvalue weighted by Crippen LogP contribution is -1.99. The molecule has 0 radical (unpaired) electrons. The molecule has 0 fully saturated rings. The fraction of sp³-hybridized carbons (Fsp3) is 0.167. The van der Waals surface area contributed by atoms with Crippen molar-refractivity contribution in [1.29, 1.82) is 0 Å². The van der Waals surface area contributed by atoms with Gasteiger partial charge in [-0.15, -0.1) is 0 Å². The lowest BCUT2D eigenvalue weighted by molar-refractivity contribution is 0.989. The highest BCUT2D eigenvalue weighted by Crippen LogP contribution is 2.29. The molecule has 6 heteroatoms. The van der Waals surface area contributed by atoms with Gasteiger partial charge in [0, 0.05) is 10.0 Å². The molecule has 0 aliphatic rings. The predicted octanol–water partition coefficient (Wildman–Crippen LogP) is 5.38. The van der Waals surface area contributed by atoms with Gasteiger partial charge in [-0.05, 0) is 63.1 Å². The Bertz CT molecular complexity index is 605. The first kappa shape index (κ1) is 14.5. The van der Waals surface area contributed by atoms with Crippen LogP contribution < -0.4 is 0 Å². The van der Waals surface area contributed by atoms with Crippen molar-refractivity contribution < 1.29 is 0 Å². The molecule has 0 unspecified atom stereocenters. The van der Waals surface area contributed by atoms with Crippen molar-refractivity contribution >= 4 is 61.7 Å². The van der Waals surface area contributed by atoms with Crippen molar-refractivity contribution in [1.82, 2.24) is 9.97 Å². The normalized spacial score (nSPS) is 10.7. The highest BCUT2D eigenvalue weighted by Gasteiger charge is 2.11. The Morgan fingerprint density at radius 2 is 2.00 bits per heavy atom. The number of nitrogens with zero attached hydrogens (tertiary/aromatic N) is 2. The van der Waals surface area contributed by atoms with E-state index in [4.69, 9.17) is 23.2 Å². The van der Waals surface area contributed by atoms with Crippen LogP contribution in [0.3, 0.4) is 0 Å². The second-order valence-corrected chi connectivity index (χ2v) is 6.28. The van der Waals surface area contributed by atoms with Gasteiger partial charge in [0.1, 0.15) is 5.15 Å². The maximum absolute atomic E-state index is 6.12. The van der Waals surface area contributed by atoms with Crippen molar-refractivity contribution in [3.63, 3.8) is 0 Å². The third-order valence-electron chi connectivity index (χ3n) is 2.39. The van der Waals surface area contributed by atoms with Crippen LogP contribution in [-0.4, -0.2) is 9.97 Å². The van der Waals surface area contributed by atoms with Gasteiger partial charge in [0.2, 0.25) is 0 Å². The quantitative estimate of drug-likeness (QED) is 0.447. The summed E-state index contributed by atoms with van der Waals surface area (Å²) in [4.78, 5) is 8.81. The van der Waals surface area contributed by atoms with Crippen LogP contribution >= 0.6 is 61.7 Å². The average molecular weight is 458 g/mol.